The smallest absolute Gasteiger partial charge is 0.191 e. The molecule has 4 heterocycles. The lowest BCUT2D eigenvalue weighted by atomic mass is 9.81. The van der Waals surface area contributed by atoms with E-state index in [1.165, 1.54) is 11.1 Å². The zero-order valence-corrected chi connectivity index (χ0v) is 21.0. The summed E-state index contributed by atoms with van der Waals surface area (Å²) >= 11 is 0. The zero-order chi connectivity index (χ0) is 24.3. The molecule has 5 heteroatoms. The van der Waals surface area contributed by atoms with E-state index in [1.807, 2.05) is 0 Å². The molecule has 1 N–H and O–H groups in total. The van der Waals surface area contributed by atoms with Crippen LogP contribution in [0.25, 0.3) is 0 Å². The largest absolute Gasteiger partial charge is 0.470 e. The van der Waals surface area contributed by atoms with Crippen molar-refractivity contribution in [2.24, 2.45) is 17.3 Å². The number of ether oxygens (including phenoxy) is 1. The summed E-state index contributed by atoms with van der Waals surface area (Å²) < 4.78 is 20.9. The van der Waals surface area contributed by atoms with Crippen LogP contribution in [-0.2, 0) is 4.74 Å². The Hall–Kier alpha value is -2.81. The average molecular weight is 482 g/mol. The predicted octanol–water partition coefficient (Wildman–Crippen LogP) is 4.49. The highest BCUT2D eigenvalue weighted by Crippen LogP contribution is 2.58. The zero-order valence-electron chi connectivity index (χ0n) is 21.0. The third-order valence-corrected chi connectivity index (χ3v) is 10.0. The molecular formula is C31H32FN3O. The van der Waals surface area contributed by atoms with E-state index < -0.39 is 0 Å². The molecular weight excluding hydrogens is 449 g/mol. The van der Waals surface area contributed by atoms with Crippen molar-refractivity contribution in [3.8, 4) is 11.8 Å². The first kappa shape index (κ1) is 21.3. The molecule has 4 aliphatic heterocycles. The van der Waals surface area contributed by atoms with Gasteiger partial charge in [0.15, 0.2) is 5.88 Å². The number of allylic oxidation sites excluding steroid dienone is 4. The van der Waals surface area contributed by atoms with Gasteiger partial charge in [0.25, 0.3) is 0 Å². The van der Waals surface area contributed by atoms with Crippen molar-refractivity contribution >= 4 is 0 Å². The van der Waals surface area contributed by atoms with Crippen LogP contribution in [0.5, 0.6) is 0 Å². The number of hydrogen-bond acceptors (Lipinski definition) is 4. The Morgan fingerprint density at radius 1 is 1.11 bits per heavy atom. The maximum absolute atomic E-state index is 14.1. The summed E-state index contributed by atoms with van der Waals surface area (Å²) in [6.07, 6.45) is 18.8. The van der Waals surface area contributed by atoms with E-state index in [0.29, 0.717) is 18.4 Å². The van der Waals surface area contributed by atoms with Crippen LogP contribution in [0.3, 0.4) is 0 Å². The lowest BCUT2D eigenvalue weighted by Crippen LogP contribution is -2.55. The first-order valence-electron chi connectivity index (χ1n) is 13.5. The predicted molar refractivity (Wildman–Crippen MR) is 138 cm³/mol. The molecule has 4 nitrogen and oxygen atoms in total. The van der Waals surface area contributed by atoms with Crippen molar-refractivity contribution in [2.75, 3.05) is 6.54 Å². The molecule has 0 amide bonds. The fraction of sp³-hybridized carbons (Fsp3) is 0.484. The van der Waals surface area contributed by atoms with E-state index in [4.69, 9.17) is 4.74 Å². The van der Waals surface area contributed by atoms with Crippen molar-refractivity contribution in [1.29, 1.82) is 0 Å². The van der Waals surface area contributed by atoms with E-state index in [0.717, 1.165) is 30.0 Å². The fourth-order valence-electron chi connectivity index (χ4n) is 7.72. The number of nitrogens with zero attached hydrogens (tertiary/aromatic N) is 2. The summed E-state index contributed by atoms with van der Waals surface area (Å²) in [5.41, 5.74) is 5.22. The van der Waals surface area contributed by atoms with Crippen molar-refractivity contribution in [3.05, 3.63) is 82.6 Å². The van der Waals surface area contributed by atoms with Crippen LogP contribution in [0.4, 0.5) is 4.39 Å². The third kappa shape index (κ3) is 2.78. The van der Waals surface area contributed by atoms with E-state index in [1.54, 1.807) is 6.08 Å². The Labute approximate surface area is 212 Å². The van der Waals surface area contributed by atoms with Gasteiger partial charge in [-0.15, -0.1) is 0 Å². The minimum Gasteiger partial charge on any atom is -0.470 e. The van der Waals surface area contributed by atoms with Gasteiger partial charge in [-0.25, -0.2) is 4.39 Å². The second-order valence-electron chi connectivity index (χ2n) is 12.2. The normalized spacial score (nSPS) is 44.7. The highest BCUT2D eigenvalue weighted by atomic mass is 19.1. The molecule has 1 fully saturated rings. The van der Waals surface area contributed by atoms with E-state index in [9.17, 15) is 4.39 Å². The summed E-state index contributed by atoms with van der Waals surface area (Å²) in [5.74, 6) is 8.84. The van der Waals surface area contributed by atoms with Crippen molar-refractivity contribution in [3.63, 3.8) is 0 Å². The molecule has 0 radical (unpaired) electrons. The minimum atomic E-state index is -0.0453. The third-order valence-electron chi connectivity index (χ3n) is 10.0. The number of fused-ring (bicyclic) bond motifs is 9. The fourth-order valence-corrected chi connectivity index (χ4v) is 7.72. The van der Waals surface area contributed by atoms with Crippen LogP contribution in [0.15, 0.2) is 82.6 Å². The SMILES string of the molecule is CC1C(N2C3C#CC(/C=C\C=C/3)N3CC4=C(C5OC6=C(C=C7C=C(F)CCC7N6)C5C=C4)C32)C1(C)C. The molecule has 0 aromatic rings. The Morgan fingerprint density at radius 2 is 1.89 bits per heavy atom. The summed E-state index contributed by atoms with van der Waals surface area (Å²) in [7, 11) is 0. The average Bonchev–Trinajstić information content (AvgIpc) is 3.14. The first-order chi connectivity index (χ1) is 17.4. The van der Waals surface area contributed by atoms with Crippen LogP contribution in [0.1, 0.15) is 33.6 Å². The van der Waals surface area contributed by atoms with Crippen LogP contribution in [0, 0.1) is 29.1 Å². The highest BCUT2D eigenvalue weighted by molar-refractivity contribution is 5.54. The molecule has 0 spiro atoms. The standard InChI is InChI=1S/C31H32FN3O/c1-17-28(31(17,2)3)35-22-7-5-4-6-21(10-11-22)34-16-18-8-12-23-24-15-19-14-20(32)9-13-25(19)33-29(24)36-27(23)26(18)30(34)35/h4-8,12,14-15,17,21-23,25,27-28,30,33H,9,13,16H2,1-3H3/b6-4-,7-5-. The van der Waals surface area contributed by atoms with Gasteiger partial charge < -0.3 is 10.1 Å². The van der Waals surface area contributed by atoms with Crippen molar-refractivity contribution in [1.82, 2.24) is 15.1 Å². The molecule has 4 aliphatic carbocycles. The van der Waals surface area contributed by atoms with Gasteiger partial charge in [-0.1, -0.05) is 69.1 Å². The molecule has 8 unspecified atom stereocenters. The van der Waals surface area contributed by atoms with Gasteiger partial charge in [0.2, 0.25) is 0 Å². The minimum absolute atomic E-state index is 0.0200. The Morgan fingerprint density at radius 3 is 2.69 bits per heavy atom. The number of dihydropyridines is 1. The summed E-state index contributed by atoms with van der Waals surface area (Å²) in [6.45, 7) is 8.05. The first-order valence-corrected chi connectivity index (χ1v) is 13.5. The second kappa shape index (κ2) is 7.15. The number of nitrogens with one attached hydrogen (secondary N) is 1. The molecule has 0 aromatic carbocycles. The van der Waals surface area contributed by atoms with Gasteiger partial charge in [0, 0.05) is 36.1 Å². The van der Waals surface area contributed by atoms with E-state index >= 15 is 0 Å². The maximum atomic E-state index is 14.1. The monoisotopic (exact) mass is 481 g/mol. The Balaban J connectivity index is 1.21. The van der Waals surface area contributed by atoms with Gasteiger partial charge in [-0.3, -0.25) is 9.80 Å². The Bertz CT molecular complexity index is 1350. The van der Waals surface area contributed by atoms with Gasteiger partial charge in [-0.2, -0.15) is 0 Å². The maximum Gasteiger partial charge on any atom is 0.191 e. The molecule has 36 heavy (non-hydrogen) atoms. The van der Waals surface area contributed by atoms with Crippen molar-refractivity contribution < 1.29 is 9.13 Å². The van der Waals surface area contributed by atoms with Crippen LogP contribution in [-0.4, -0.2) is 52.8 Å². The molecule has 1 saturated carbocycles. The highest BCUT2D eigenvalue weighted by Gasteiger charge is 2.63. The van der Waals surface area contributed by atoms with Crippen LogP contribution < -0.4 is 5.32 Å². The van der Waals surface area contributed by atoms with Gasteiger partial charge in [0.05, 0.1) is 24.3 Å². The topological polar surface area (TPSA) is 27.7 Å². The molecule has 8 atom stereocenters. The number of rotatable bonds is 1. The lowest BCUT2D eigenvalue weighted by Gasteiger charge is -2.41. The molecule has 184 valence electrons. The van der Waals surface area contributed by atoms with E-state index in [2.05, 4.69) is 90.3 Å². The van der Waals surface area contributed by atoms with Gasteiger partial charge in [0.1, 0.15) is 11.9 Å². The molecule has 0 saturated heterocycles. The van der Waals surface area contributed by atoms with Gasteiger partial charge in [-0.05, 0) is 41.1 Å². The quantitative estimate of drug-likeness (QED) is 0.559. The van der Waals surface area contributed by atoms with Crippen LogP contribution in [0.2, 0.25) is 0 Å². The molecule has 2 bridgehead atoms. The lowest BCUT2D eigenvalue weighted by molar-refractivity contribution is 0.0393. The second-order valence-corrected chi connectivity index (χ2v) is 12.2. The molecule has 0 aromatic heterocycles. The summed E-state index contributed by atoms with van der Waals surface area (Å²) in [4.78, 5) is 5.28. The molecule has 8 aliphatic rings. The van der Waals surface area contributed by atoms with Crippen LogP contribution >= 0.6 is 0 Å². The van der Waals surface area contributed by atoms with Gasteiger partial charge >= 0.3 is 0 Å². The number of hydrogen-bond donors (Lipinski definition) is 1. The summed E-state index contributed by atoms with van der Waals surface area (Å²) in [5, 5.41) is 3.62. The molecule has 8 rings (SSSR count). The number of halogens is 1. The Kier molecular flexibility index (Phi) is 4.23. The van der Waals surface area contributed by atoms with Crippen molar-refractivity contribution in [2.45, 2.75) is 70.0 Å². The van der Waals surface area contributed by atoms with E-state index in [-0.39, 0.29) is 47.6 Å². The summed E-state index contributed by atoms with van der Waals surface area (Å²) in [6, 6.07) is 0.762.